The molecule has 0 fully saturated rings. The van der Waals surface area contributed by atoms with Gasteiger partial charge in [0.2, 0.25) is 5.91 Å². The molecule has 2 aromatic heterocycles. The predicted molar refractivity (Wildman–Crippen MR) is 76.5 cm³/mol. The molecule has 106 valence electrons. The van der Waals surface area contributed by atoms with Crippen molar-refractivity contribution in [3.05, 3.63) is 34.7 Å². The summed E-state index contributed by atoms with van der Waals surface area (Å²) in [5.74, 6) is -1.37. The third-order valence-electron chi connectivity index (χ3n) is 2.85. The molecule has 0 aliphatic heterocycles. The molecule has 1 atom stereocenters. The summed E-state index contributed by atoms with van der Waals surface area (Å²) in [5.41, 5.74) is 1.34. The predicted octanol–water partition coefficient (Wildman–Crippen LogP) is 1.62. The largest absolute Gasteiger partial charge is 0.480 e. The number of carboxylic acids is 1. The number of carbonyl (C=O) groups is 2. The summed E-state index contributed by atoms with van der Waals surface area (Å²) >= 11 is 3.36. The molecule has 1 unspecified atom stereocenters. The molecule has 0 aromatic carbocycles. The summed E-state index contributed by atoms with van der Waals surface area (Å²) in [4.78, 5) is 27.0. The lowest BCUT2D eigenvalue weighted by Gasteiger charge is -2.11. The Bertz CT molecular complexity index is 653. The number of imidazole rings is 1. The Kier molecular flexibility index (Phi) is 4.39. The number of fused-ring (bicyclic) bond motifs is 1. The third kappa shape index (κ3) is 3.36. The smallest absolute Gasteiger partial charge is 0.326 e. The van der Waals surface area contributed by atoms with Gasteiger partial charge in [0.15, 0.2) is 0 Å². The average Bonchev–Trinajstić information content (AvgIpc) is 2.76. The fourth-order valence-corrected chi connectivity index (χ4v) is 2.20. The number of halogens is 1. The lowest BCUT2D eigenvalue weighted by atomic mass is 10.2. The van der Waals surface area contributed by atoms with Crippen LogP contribution in [-0.2, 0) is 16.0 Å². The highest BCUT2D eigenvalue weighted by Crippen LogP contribution is 2.12. The number of hydrogen-bond donors (Lipinski definition) is 2. The zero-order chi connectivity index (χ0) is 14.7. The molecule has 2 N–H and O–H groups in total. The van der Waals surface area contributed by atoms with Gasteiger partial charge >= 0.3 is 5.97 Å². The van der Waals surface area contributed by atoms with Crippen molar-refractivity contribution in [2.24, 2.45) is 0 Å². The lowest BCUT2D eigenvalue weighted by Crippen LogP contribution is -2.41. The summed E-state index contributed by atoms with van der Waals surface area (Å²) in [5, 5.41) is 11.4. The second kappa shape index (κ2) is 6.04. The second-order valence-corrected chi connectivity index (χ2v) is 5.30. The number of rotatable bonds is 5. The van der Waals surface area contributed by atoms with Crippen LogP contribution < -0.4 is 5.32 Å². The van der Waals surface area contributed by atoms with Crippen molar-refractivity contribution in [2.45, 2.75) is 25.8 Å². The van der Waals surface area contributed by atoms with Crippen LogP contribution in [0.25, 0.3) is 5.65 Å². The molecule has 6 nitrogen and oxygen atoms in total. The van der Waals surface area contributed by atoms with Gasteiger partial charge in [-0.15, -0.1) is 0 Å². The van der Waals surface area contributed by atoms with Crippen LogP contribution in [0.3, 0.4) is 0 Å². The SMILES string of the molecule is CCC(NC(=O)Cc1cn2cc(Br)ccc2n1)C(=O)O. The number of hydrogen-bond acceptors (Lipinski definition) is 3. The fraction of sp³-hybridized carbons (Fsp3) is 0.308. The van der Waals surface area contributed by atoms with Gasteiger partial charge in [0.1, 0.15) is 11.7 Å². The van der Waals surface area contributed by atoms with Crippen LogP contribution in [0.2, 0.25) is 0 Å². The molecule has 2 heterocycles. The van der Waals surface area contributed by atoms with E-state index in [0.29, 0.717) is 12.1 Å². The van der Waals surface area contributed by atoms with Crippen LogP contribution >= 0.6 is 15.9 Å². The molecule has 7 heteroatoms. The maximum atomic E-state index is 11.8. The summed E-state index contributed by atoms with van der Waals surface area (Å²) < 4.78 is 2.72. The number of carboxylic acid groups (broad SMARTS) is 1. The number of nitrogens with zero attached hydrogens (tertiary/aromatic N) is 2. The van der Waals surface area contributed by atoms with E-state index in [1.807, 2.05) is 18.3 Å². The average molecular weight is 340 g/mol. The Labute approximate surface area is 123 Å². The van der Waals surface area contributed by atoms with E-state index in [1.165, 1.54) is 0 Å². The van der Waals surface area contributed by atoms with Gasteiger partial charge in [-0.05, 0) is 34.5 Å². The summed E-state index contributed by atoms with van der Waals surface area (Å²) in [6.07, 6.45) is 4.00. The molecule has 20 heavy (non-hydrogen) atoms. The fourth-order valence-electron chi connectivity index (χ4n) is 1.85. The molecule has 0 bridgehead atoms. The van der Waals surface area contributed by atoms with Crippen LogP contribution in [0.1, 0.15) is 19.0 Å². The molecule has 2 rings (SSSR count). The van der Waals surface area contributed by atoms with Crippen molar-refractivity contribution in [3.63, 3.8) is 0 Å². The van der Waals surface area contributed by atoms with E-state index in [-0.39, 0.29) is 12.3 Å². The van der Waals surface area contributed by atoms with Crippen molar-refractivity contribution in [1.29, 1.82) is 0 Å². The molecule has 0 spiro atoms. The molecule has 0 radical (unpaired) electrons. The molecule has 2 aromatic rings. The quantitative estimate of drug-likeness (QED) is 0.866. The number of pyridine rings is 1. The Hall–Kier alpha value is -1.89. The van der Waals surface area contributed by atoms with Crippen LogP contribution in [0.4, 0.5) is 0 Å². The first-order valence-corrected chi connectivity index (χ1v) is 6.94. The van der Waals surface area contributed by atoms with E-state index in [4.69, 9.17) is 5.11 Å². The van der Waals surface area contributed by atoms with Crippen LogP contribution in [-0.4, -0.2) is 32.4 Å². The van der Waals surface area contributed by atoms with Gasteiger partial charge in [-0.3, -0.25) is 4.79 Å². The zero-order valence-electron chi connectivity index (χ0n) is 10.8. The molecule has 0 saturated carbocycles. The first-order valence-electron chi connectivity index (χ1n) is 6.15. The van der Waals surface area contributed by atoms with Gasteiger partial charge in [-0.1, -0.05) is 6.92 Å². The van der Waals surface area contributed by atoms with Gasteiger partial charge in [0.05, 0.1) is 12.1 Å². The van der Waals surface area contributed by atoms with E-state index >= 15 is 0 Å². The van der Waals surface area contributed by atoms with Gasteiger partial charge in [0, 0.05) is 16.9 Å². The normalized spacial score (nSPS) is 12.3. The summed E-state index contributed by atoms with van der Waals surface area (Å²) in [6.45, 7) is 1.71. The molecule has 0 aliphatic rings. The van der Waals surface area contributed by atoms with E-state index in [2.05, 4.69) is 26.2 Å². The van der Waals surface area contributed by atoms with Crippen LogP contribution in [0, 0.1) is 0 Å². The first-order chi connectivity index (χ1) is 9.49. The van der Waals surface area contributed by atoms with Gasteiger partial charge in [-0.25, -0.2) is 9.78 Å². The van der Waals surface area contributed by atoms with Crippen LogP contribution in [0.15, 0.2) is 29.0 Å². The molecular formula is C13H14BrN3O3. The zero-order valence-corrected chi connectivity index (χ0v) is 12.4. The summed E-state index contributed by atoms with van der Waals surface area (Å²) in [6, 6.07) is 2.84. The van der Waals surface area contributed by atoms with E-state index in [1.54, 1.807) is 17.5 Å². The first kappa shape index (κ1) is 14.5. The van der Waals surface area contributed by atoms with E-state index in [0.717, 1.165) is 10.1 Å². The topological polar surface area (TPSA) is 83.7 Å². The van der Waals surface area contributed by atoms with Crippen LogP contribution in [0.5, 0.6) is 0 Å². The Balaban J connectivity index is 2.08. The van der Waals surface area contributed by atoms with Crippen molar-refractivity contribution >= 4 is 33.5 Å². The molecule has 0 aliphatic carbocycles. The number of aliphatic carboxylic acids is 1. The standard InChI is InChI=1S/C13H14BrN3O3/c1-2-10(13(19)20)16-12(18)5-9-7-17-6-8(14)3-4-11(17)15-9/h3-4,6-7,10H,2,5H2,1H3,(H,16,18)(H,19,20). The van der Waals surface area contributed by atoms with E-state index in [9.17, 15) is 9.59 Å². The Morgan fingerprint density at radius 3 is 2.85 bits per heavy atom. The minimum absolute atomic E-state index is 0.0586. The highest BCUT2D eigenvalue weighted by atomic mass is 79.9. The number of nitrogens with one attached hydrogen (secondary N) is 1. The Morgan fingerprint density at radius 2 is 2.20 bits per heavy atom. The highest BCUT2D eigenvalue weighted by molar-refractivity contribution is 9.10. The van der Waals surface area contributed by atoms with Gasteiger partial charge < -0.3 is 14.8 Å². The van der Waals surface area contributed by atoms with Crippen molar-refractivity contribution in [3.8, 4) is 0 Å². The Morgan fingerprint density at radius 1 is 1.45 bits per heavy atom. The molecular weight excluding hydrogens is 326 g/mol. The number of amides is 1. The van der Waals surface area contributed by atoms with Crippen molar-refractivity contribution in [2.75, 3.05) is 0 Å². The highest BCUT2D eigenvalue weighted by Gasteiger charge is 2.18. The minimum Gasteiger partial charge on any atom is -0.480 e. The number of aromatic nitrogens is 2. The second-order valence-electron chi connectivity index (χ2n) is 4.39. The molecule has 1 amide bonds. The monoisotopic (exact) mass is 339 g/mol. The maximum absolute atomic E-state index is 11.8. The maximum Gasteiger partial charge on any atom is 0.326 e. The minimum atomic E-state index is -1.03. The van der Waals surface area contributed by atoms with E-state index < -0.39 is 12.0 Å². The number of carbonyl (C=O) groups excluding carboxylic acids is 1. The van der Waals surface area contributed by atoms with Gasteiger partial charge in [-0.2, -0.15) is 0 Å². The summed E-state index contributed by atoms with van der Waals surface area (Å²) in [7, 11) is 0. The van der Waals surface area contributed by atoms with Gasteiger partial charge in [0.25, 0.3) is 0 Å². The lowest BCUT2D eigenvalue weighted by molar-refractivity contribution is -0.141. The molecule has 0 saturated heterocycles. The van der Waals surface area contributed by atoms with Crippen molar-refractivity contribution < 1.29 is 14.7 Å². The van der Waals surface area contributed by atoms with Crippen molar-refractivity contribution in [1.82, 2.24) is 14.7 Å². The third-order valence-corrected chi connectivity index (χ3v) is 3.32.